The zero-order chi connectivity index (χ0) is 13.3. The molecule has 0 amide bonds. The zero-order valence-corrected chi connectivity index (χ0v) is 12.9. The number of hydrogen-bond acceptors (Lipinski definition) is 0. The fourth-order valence-electron chi connectivity index (χ4n) is 2.48. The molecule has 0 atom stereocenters. The third kappa shape index (κ3) is 21.1. The van der Waals surface area contributed by atoms with E-state index in [9.17, 15) is 0 Å². The molecular formula is C18H39In. The van der Waals surface area contributed by atoms with Crippen molar-refractivity contribution >= 4 is 25.8 Å². The van der Waals surface area contributed by atoms with Gasteiger partial charge in [-0.25, -0.2) is 0 Å². The minimum atomic E-state index is 0. The van der Waals surface area contributed by atoms with E-state index < -0.39 is 0 Å². The first-order chi connectivity index (χ1) is 8.91. The summed E-state index contributed by atoms with van der Waals surface area (Å²) < 4.78 is 0. The van der Waals surface area contributed by atoms with Gasteiger partial charge in [-0.3, -0.25) is 0 Å². The first-order valence-electron chi connectivity index (χ1n) is 8.52. The minimum absolute atomic E-state index is 0. The Balaban J connectivity index is 0. The first kappa shape index (κ1) is 21.9. The first-order valence-corrected chi connectivity index (χ1v) is 8.52. The van der Waals surface area contributed by atoms with Crippen LogP contribution in [0.1, 0.15) is 103 Å². The molecule has 0 aromatic rings. The Hall–Kier alpha value is 0.610. The van der Waals surface area contributed by atoms with Gasteiger partial charge in [0, 0.05) is 0 Å². The van der Waals surface area contributed by atoms with Crippen LogP contribution < -0.4 is 0 Å². The van der Waals surface area contributed by atoms with Crippen LogP contribution in [0.4, 0.5) is 0 Å². The van der Waals surface area contributed by atoms with E-state index in [4.69, 9.17) is 0 Å². The molecule has 114 valence electrons. The molecule has 0 aromatic carbocycles. The number of hydrogen-bond donors (Lipinski definition) is 0. The summed E-state index contributed by atoms with van der Waals surface area (Å²) in [6.07, 6.45) is 23.5. The van der Waals surface area contributed by atoms with Crippen LogP contribution >= 0.6 is 0 Å². The van der Waals surface area contributed by atoms with Crippen molar-refractivity contribution < 1.29 is 0 Å². The Labute approximate surface area is 141 Å². The van der Waals surface area contributed by atoms with E-state index in [1.54, 1.807) is 0 Å². The average molecular weight is 370 g/mol. The maximum atomic E-state index is 3.76. The molecule has 0 bridgehead atoms. The van der Waals surface area contributed by atoms with Crippen LogP contribution in [-0.4, -0.2) is 25.8 Å². The van der Waals surface area contributed by atoms with Gasteiger partial charge in [-0.05, 0) is 12.8 Å². The summed E-state index contributed by atoms with van der Waals surface area (Å²) in [4.78, 5) is 0. The molecule has 0 heterocycles. The molecule has 1 heteroatoms. The van der Waals surface area contributed by atoms with Crippen molar-refractivity contribution in [2.45, 2.75) is 103 Å². The van der Waals surface area contributed by atoms with E-state index in [1.165, 1.54) is 96.3 Å². The van der Waals surface area contributed by atoms with Gasteiger partial charge in [0.1, 0.15) is 0 Å². The van der Waals surface area contributed by atoms with Crippen LogP contribution in [0.2, 0.25) is 0 Å². The summed E-state index contributed by atoms with van der Waals surface area (Å²) >= 11 is 0. The molecule has 0 aromatic heterocycles. The topological polar surface area (TPSA) is 0 Å². The summed E-state index contributed by atoms with van der Waals surface area (Å²) in [6.45, 7) is 6.05. The van der Waals surface area contributed by atoms with Crippen molar-refractivity contribution in [1.29, 1.82) is 0 Å². The molecule has 19 heavy (non-hydrogen) atoms. The summed E-state index contributed by atoms with van der Waals surface area (Å²) in [5.74, 6) is 0. The Morgan fingerprint density at radius 2 is 0.895 bits per heavy atom. The molecule has 0 unspecified atom stereocenters. The van der Waals surface area contributed by atoms with Crippen LogP contribution in [0.3, 0.4) is 0 Å². The van der Waals surface area contributed by atoms with Crippen molar-refractivity contribution in [3.8, 4) is 0 Å². The second kappa shape index (κ2) is 20.9. The third-order valence-electron chi connectivity index (χ3n) is 3.76. The molecule has 0 radical (unpaired) electrons. The third-order valence-corrected chi connectivity index (χ3v) is 3.76. The van der Waals surface area contributed by atoms with Gasteiger partial charge < -0.3 is 0 Å². The van der Waals surface area contributed by atoms with Crippen molar-refractivity contribution in [1.82, 2.24) is 0 Å². The Bertz CT molecular complexity index is 154. The SMILES string of the molecule is C=CCCCCCCCCCCCCCCCC.[InH3]. The molecule has 0 N–H and O–H groups in total. The maximum absolute atomic E-state index is 3.76. The fraction of sp³-hybridized carbons (Fsp3) is 0.889. The molecule has 0 aliphatic heterocycles. The quantitative estimate of drug-likeness (QED) is 0.250. The summed E-state index contributed by atoms with van der Waals surface area (Å²) in [7, 11) is 0. The molecular weight excluding hydrogens is 331 g/mol. The predicted molar refractivity (Wildman–Crippen MR) is 95.1 cm³/mol. The van der Waals surface area contributed by atoms with Crippen LogP contribution in [0, 0.1) is 0 Å². The van der Waals surface area contributed by atoms with Crippen LogP contribution in [-0.2, 0) is 0 Å². The molecule has 0 saturated heterocycles. The molecule has 0 aliphatic carbocycles. The van der Waals surface area contributed by atoms with Crippen LogP contribution in [0.25, 0.3) is 0 Å². The second-order valence-corrected chi connectivity index (χ2v) is 5.67. The fourth-order valence-corrected chi connectivity index (χ4v) is 2.48. The van der Waals surface area contributed by atoms with Gasteiger partial charge in [0.05, 0.1) is 0 Å². The van der Waals surface area contributed by atoms with E-state index in [0.717, 1.165) is 0 Å². The second-order valence-electron chi connectivity index (χ2n) is 5.67. The zero-order valence-electron chi connectivity index (χ0n) is 12.9. The van der Waals surface area contributed by atoms with E-state index in [-0.39, 0.29) is 25.8 Å². The van der Waals surface area contributed by atoms with Crippen LogP contribution in [0.15, 0.2) is 12.7 Å². The van der Waals surface area contributed by atoms with Gasteiger partial charge >= 0.3 is 25.8 Å². The molecule has 0 rings (SSSR count). The van der Waals surface area contributed by atoms with Crippen molar-refractivity contribution in [2.24, 2.45) is 0 Å². The monoisotopic (exact) mass is 370 g/mol. The number of rotatable bonds is 15. The van der Waals surface area contributed by atoms with Gasteiger partial charge in [0.15, 0.2) is 0 Å². The molecule has 0 spiro atoms. The van der Waals surface area contributed by atoms with Gasteiger partial charge in [-0.1, -0.05) is 96.5 Å². The predicted octanol–water partition coefficient (Wildman–Crippen LogP) is 5.86. The Morgan fingerprint density at radius 3 is 1.21 bits per heavy atom. The van der Waals surface area contributed by atoms with Crippen LogP contribution in [0.5, 0.6) is 0 Å². The van der Waals surface area contributed by atoms with Gasteiger partial charge in [0.2, 0.25) is 0 Å². The Morgan fingerprint density at radius 1 is 0.579 bits per heavy atom. The Kier molecular flexibility index (Phi) is 24.1. The number of allylic oxidation sites excluding steroid dienone is 1. The van der Waals surface area contributed by atoms with Gasteiger partial charge in [-0.15, -0.1) is 6.58 Å². The van der Waals surface area contributed by atoms with E-state index >= 15 is 0 Å². The molecule has 0 aliphatic rings. The van der Waals surface area contributed by atoms with E-state index in [1.807, 2.05) is 6.08 Å². The number of unbranched alkanes of at least 4 members (excludes halogenated alkanes) is 14. The van der Waals surface area contributed by atoms with Crippen molar-refractivity contribution in [2.75, 3.05) is 0 Å². The van der Waals surface area contributed by atoms with Crippen molar-refractivity contribution in [3.05, 3.63) is 12.7 Å². The normalized spacial score (nSPS) is 10.2. The summed E-state index contributed by atoms with van der Waals surface area (Å²) in [5.41, 5.74) is 0. The van der Waals surface area contributed by atoms with Gasteiger partial charge in [0.25, 0.3) is 0 Å². The van der Waals surface area contributed by atoms with Crippen molar-refractivity contribution in [3.63, 3.8) is 0 Å². The van der Waals surface area contributed by atoms with E-state index in [2.05, 4.69) is 13.5 Å². The molecule has 0 saturated carbocycles. The molecule has 0 fully saturated rings. The summed E-state index contributed by atoms with van der Waals surface area (Å²) in [5, 5.41) is 0. The summed E-state index contributed by atoms with van der Waals surface area (Å²) in [6, 6.07) is 0. The average Bonchev–Trinajstić information content (AvgIpc) is 2.39. The van der Waals surface area contributed by atoms with Gasteiger partial charge in [-0.2, -0.15) is 0 Å². The molecule has 0 nitrogen and oxygen atoms in total. The standard InChI is InChI=1S/C18H36.In.3H/c1-3-5-7-9-11-13-15-17-18-16-14-12-10-8-6-4-2;;;;/h3H,1,4-18H2,2H3;;;;. The van der Waals surface area contributed by atoms with E-state index in [0.29, 0.717) is 0 Å².